The van der Waals surface area contributed by atoms with Crippen LogP contribution in [0.3, 0.4) is 0 Å². The molecule has 1 rings (SSSR count). The van der Waals surface area contributed by atoms with E-state index in [-0.39, 0.29) is 52.8 Å². The summed E-state index contributed by atoms with van der Waals surface area (Å²) in [7, 11) is 0. The van der Waals surface area contributed by atoms with E-state index in [9.17, 15) is 4.79 Å². The van der Waals surface area contributed by atoms with Crippen molar-refractivity contribution in [3.8, 4) is 0 Å². The molecule has 0 atom stereocenters. The molecule has 1 aromatic heterocycles. The zero-order valence-electron chi connectivity index (χ0n) is 6.09. The summed E-state index contributed by atoms with van der Waals surface area (Å²) in [6, 6.07) is 1.50. The van der Waals surface area contributed by atoms with Gasteiger partial charge in [0.05, 0.1) is 5.56 Å². The summed E-state index contributed by atoms with van der Waals surface area (Å²) in [5.74, 6) is -0.897. The van der Waals surface area contributed by atoms with Crippen LogP contribution in [0.4, 0.5) is 0 Å². The van der Waals surface area contributed by atoms with Crippen LogP contribution in [0.1, 0.15) is 11.8 Å². The van der Waals surface area contributed by atoms with Crippen LogP contribution in [0.2, 0.25) is 0 Å². The molecule has 0 aromatic carbocycles. The number of aromatic amines is 1. The third-order valence-corrected chi connectivity index (χ3v) is 0.845. The Balaban J connectivity index is 0. The van der Waals surface area contributed by atoms with Gasteiger partial charge >= 0.3 is 57.4 Å². The zero-order chi connectivity index (χ0) is 5.98. The number of hydrogen-bond acceptors (Lipinski definition) is 1. The minimum Gasteiger partial charge on any atom is -1.00 e. The van der Waals surface area contributed by atoms with Crippen LogP contribution in [0.15, 0.2) is 18.5 Å². The van der Waals surface area contributed by atoms with E-state index in [1.807, 2.05) is 0 Å². The van der Waals surface area contributed by atoms with Gasteiger partial charge in [0, 0.05) is 12.4 Å². The predicted molar refractivity (Wildman–Crippen MR) is 28.9 cm³/mol. The third-order valence-electron chi connectivity index (χ3n) is 0.845. The van der Waals surface area contributed by atoms with Gasteiger partial charge in [0.15, 0.2) is 0 Å². The van der Waals surface area contributed by atoms with Gasteiger partial charge in [-0.2, -0.15) is 0 Å². The van der Waals surface area contributed by atoms with Gasteiger partial charge in [0.2, 0.25) is 0 Å². The number of H-pyrrole nitrogens is 1. The van der Waals surface area contributed by atoms with Crippen LogP contribution >= 0.6 is 0 Å². The minimum absolute atomic E-state index is 0. The van der Waals surface area contributed by atoms with Gasteiger partial charge in [0.25, 0.3) is 0 Å². The molecule has 0 bridgehead atoms. The summed E-state index contributed by atoms with van der Waals surface area (Å²) in [6.07, 6.45) is 3.01. The number of hydrogen-bond donors (Lipinski definition) is 2. The van der Waals surface area contributed by atoms with Crippen molar-refractivity contribution in [1.82, 2.24) is 4.98 Å². The first-order valence-electron chi connectivity index (χ1n) is 2.17. The molecule has 9 heavy (non-hydrogen) atoms. The number of aromatic nitrogens is 1. The number of carboxylic acids is 1. The smallest absolute Gasteiger partial charge is 1.00 e. The van der Waals surface area contributed by atoms with E-state index < -0.39 is 5.97 Å². The van der Waals surface area contributed by atoms with Crippen LogP contribution in [0.25, 0.3) is 0 Å². The number of carbonyl (C=O) groups is 1. The van der Waals surface area contributed by atoms with E-state index >= 15 is 0 Å². The maximum Gasteiger partial charge on any atom is 1.00 e. The molecule has 1 aromatic rings. The van der Waals surface area contributed by atoms with E-state index in [0.717, 1.165) is 0 Å². The van der Waals surface area contributed by atoms with Crippen molar-refractivity contribution in [2.24, 2.45) is 0 Å². The molecule has 0 spiro atoms. The van der Waals surface area contributed by atoms with Crippen molar-refractivity contribution >= 4 is 5.97 Å². The molecule has 4 heteroatoms. The first kappa shape index (κ1) is 9.39. The first-order chi connectivity index (χ1) is 3.80. The van der Waals surface area contributed by atoms with E-state index in [1.165, 1.54) is 12.3 Å². The standard InChI is InChI=1S/C5H5NO2.K.H/c7-5(8)4-1-2-6-3-4;;/h1-3,6H,(H,7,8);;/q;+1;-1. The van der Waals surface area contributed by atoms with Crippen molar-refractivity contribution in [2.75, 3.05) is 0 Å². The maximum absolute atomic E-state index is 10.0. The van der Waals surface area contributed by atoms with Gasteiger partial charge in [0.1, 0.15) is 0 Å². The Morgan fingerprint density at radius 1 is 1.78 bits per heavy atom. The largest absolute Gasteiger partial charge is 1.00 e. The summed E-state index contributed by atoms with van der Waals surface area (Å²) in [5.41, 5.74) is 0.296. The number of carboxylic acid groups (broad SMARTS) is 1. The van der Waals surface area contributed by atoms with Crippen molar-refractivity contribution in [1.29, 1.82) is 0 Å². The van der Waals surface area contributed by atoms with Crippen LogP contribution in [0, 0.1) is 0 Å². The Hall–Kier alpha value is 0.386. The molecule has 44 valence electrons. The molecule has 0 aliphatic rings. The summed E-state index contributed by atoms with van der Waals surface area (Å²) in [4.78, 5) is 12.7. The molecule has 0 saturated heterocycles. The second-order valence-corrected chi connectivity index (χ2v) is 1.40. The van der Waals surface area contributed by atoms with Crippen molar-refractivity contribution in [2.45, 2.75) is 0 Å². The molecule has 0 unspecified atom stereocenters. The molecule has 0 aliphatic carbocycles. The SMILES string of the molecule is O=C(O)c1cc[nH]c1.[H-].[K+]. The van der Waals surface area contributed by atoms with Gasteiger partial charge in [-0.1, -0.05) is 0 Å². The van der Waals surface area contributed by atoms with E-state index in [1.54, 1.807) is 6.20 Å². The van der Waals surface area contributed by atoms with Crippen LogP contribution in [0.5, 0.6) is 0 Å². The van der Waals surface area contributed by atoms with Crippen molar-refractivity contribution in [3.63, 3.8) is 0 Å². The second kappa shape index (κ2) is 4.24. The molecule has 0 saturated carbocycles. The van der Waals surface area contributed by atoms with Gasteiger partial charge in [-0.15, -0.1) is 0 Å². The Labute approximate surface area is 96.4 Å². The van der Waals surface area contributed by atoms with E-state index in [2.05, 4.69) is 4.98 Å². The summed E-state index contributed by atoms with van der Waals surface area (Å²) in [5, 5.41) is 8.25. The second-order valence-electron chi connectivity index (χ2n) is 1.40. The topological polar surface area (TPSA) is 53.1 Å². The molecular weight excluding hydrogens is 145 g/mol. The summed E-state index contributed by atoms with van der Waals surface area (Å²) in [6.45, 7) is 0. The van der Waals surface area contributed by atoms with Crippen molar-refractivity contribution < 1.29 is 62.7 Å². The molecule has 3 nitrogen and oxygen atoms in total. The first-order valence-corrected chi connectivity index (χ1v) is 2.17. The minimum atomic E-state index is -0.897. The van der Waals surface area contributed by atoms with Crippen LogP contribution in [-0.4, -0.2) is 16.1 Å². The average Bonchev–Trinajstić information content (AvgIpc) is 2.12. The van der Waals surface area contributed by atoms with Crippen molar-refractivity contribution in [3.05, 3.63) is 24.0 Å². The Morgan fingerprint density at radius 2 is 2.44 bits per heavy atom. The zero-order valence-corrected chi connectivity index (χ0v) is 8.21. The summed E-state index contributed by atoms with van der Waals surface area (Å²) >= 11 is 0. The Morgan fingerprint density at radius 3 is 2.67 bits per heavy atom. The molecule has 0 fully saturated rings. The Kier molecular flexibility index (Phi) is 4.42. The summed E-state index contributed by atoms with van der Waals surface area (Å²) < 4.78 is 0. The third kappa shape index (κ3) is 2.64. The molecular formula is C5H6KNO2. The molecule has 0 amide bonds. The van der Waals surface area contributed by atoms with Crippen LogP contribution in [-0.2, 0) is 0 Å². The fraction of sp³-hybridized carbons (Fsp3) is 0. The quantitative estimate of drug-likeness (QED) is 0.449. The Bertz CT molecular complexity index is 188. The van der Waals surface area contributed by atoms with Gasteiger partial charge in [-0.25, -0.2) is 4.79 Å². The number of nitrogens with one attached hydrogen (secondary N) is 1. The normalized spacial score (nSPS) is 8.00. The molecule has 0 radical (unpaired) electrons. The number of rotatable bonds is 1. The average molecular weight is 151 g/mol. The van der Waals surface area contributed by atoms with Gasteiger partial charge in [-0.3, -0.25) is 0 Å². The predicted octanol–water partition coefficient (Wildman–Crippen LogP) is -2.17. The van der Waals surface area contributed by atoms with Gasteiger partial charge < -0.3 is 11.5 Å². The maximum atomic E-state index is 10.0. The van der Waals surface area contributed by atoms with E-state index in [0.29, 0.717) is 5.56 Å². The van der Waals surface area contributed by atoms with Gasteiger partial charge in [-0.05, 0) is 6.07 Å². The monoisotopic (exact) mass is 151 g/mol. The fourth-order valence-corrected chi connectivity index (χ4v) is 0.457. The van der Waals surface area contributed by atoms with Crippen LogP contribution < -0.4 is 51.4 Å². The van der Waals surface area contributed by atoms with E-state index in [4.69, 9.17) is 5.11 Å². The molecule has 2 N–H and O–H groups in total. The fourth-order valence-electron chi connectivity index (χ4n) is 0.457. The number of aromatic carboxylic acids is 1. The molecule has 1 heterocycles. The molecule has 0 aliphatic heterocycles.